The normalized spacial score (nSPS) is 9.44. The number of benzene rings is 1. The SMILES string of the molecule is O=C(Cl)C(=NNc1ccc([N+](=O)[O-])cc1)C(=O)Cl. The molecule has 0 spiro atoms. The van der Waals surface area contributed by atoms with E-state index < -0.39 is 21.1 Å². The van der Waals surface area contributed by atoms with Crippen LogP contribution in [0.25, 0.3) is 0 Å². The van der Waals surface area contributed by atoms with E-state index in [0.29, 0.717) is 5.69 Å². The molecule has 0 heterocycles. The molecule has 9 heteroatoms. The van der Waals surface area contributed by atoms with E-state index in [1.807, 2.05) is 0 Å². The summed E-state index contributed by atoms with van der Waals surface area (Å²) in [5.41, 5.74) is 1.88. The fourth-order valence-corrected chi connectivity index (χ4v) is 1.25. The van der Waals surface area contributed by atoms with Crippen LogP contribution in [0.1, 0.15) is 0 Å². The molecule has 0 aromatic heterocycles. The highest BCUT2D eigenvalue weighted by Crippen LogP contribution is 2.15. The number of hydrazone groups is 1. The standard InChI is InChI=1S/C9H5Cl2N3O4/c10-8(15)7(9(11)16)13-12-5-1-3-6(4-2-5)14(17)18/h1-4,12H. The maximum Gasteiger partial charge on any atom is 0.277 e. The zero-order valence-electron chi connectivity index (χ0n) is 8.59. The van der Waals surface area contributed by atoms with Crippen molar-refractivity contribution < 1.29 is 14.5 Å². The molecule has 7 nitrogen and oxygen atoms in total. The average molecular weight is 290 g/mol. The number of halogens is 2. The number of nitrogens with zero attached hydrogens (tertiary/aromatic N) is 2. The molecular weight excluding hydrogens is 285 g/mol. The number of rotatable bonds is 5. The molecule has 0 unspecified atom stereocenters. The first kappa shape index (κ1) is 14.1. The molecule has 1 aromatic carbocycles. The van der Waals surface area contributed by atoms with Crippen molar-refractivity contribution in [1.29, 1.82) is 0 Å². The second kappa shape index (κ2) is 6.08. The number of nitrogens with one attached hydrogen (secondary N) is 1. The number of carbonyl (C=O) groups excluding carboxylic acids is 2. The Morgan fingerprint density at radius 3 is 2.06 bits per heavy atom. The fraction of sp³-hybridized carbons (Fsp3) is 0. The van der Waals surface area contributed by atoms with Crippen LogP contribution in [0.2, 0.25) is 0 Å². The van der Waals surface area contributed by atoms with E-state index in [1.54, 1.807) is 0 Å². The summed E-state index contributed by atoms with van der Waals surface area (Å²) in [6.45, 7) is 0. The molecule has 0 aliphatic carbocycles. The van der Waals surface area contributed by atoms with Gasteiger partial charge in [0.05, 0.1) is 10.6 Å². The Morgan fingerprint density at radius 2 is 1.67 bits per heavy atom. The lowest BCUT2D eigenvalue weighted by atomic mass is 10.3. The minimum atomic E-state index is -1.11. The van der Waals surface area contributed by atoms with Crippen molar-refractivity contribution in [3.05, 3.63) is 34.4 Å². The Hall–Kier alpha value is -1.99. The number of anilines is 1. The molecular formula is C9H5Cl2N3O4. The summed E-state index contributed by atoms with van der Waals surface area (Å²) in [7, 11) is 0. The third-order valence-electron chi connectivity index (χ3n) is 1.75. The smallest absolute Gasteiger partial charge is 0.277 e. The average Bonchev–Trinajstić information content (AvgIpc) is 2.28. The summed E-state index contributed by atoms with van der Waals surface area (Å²) in [5, 5.41) is 11.6. The maximum atomic E-state index is 10.8. The van der Waals surface area contributed by atoms with Gasteiger partial charge in [0.15, 0.2) is 0 Å². The lowest BCUT2D eigenvalue weighted by molar-refractivity contribution is -0.384. The first-order chi connectivity index (χ1) is 8.41. The molecule has 1 aromatic rings. The topological polar surface area (TPSA) is 102 Å². The van der Waals surface area contributed by atoms with Crippen LogP contribution in [0.3, 0.4) is 0 Å². The summed E-state index contributed by atoms with van der Waals surface area (Å²) in [5.74, 6) is 0. The number of hydrogen-bond donors (Lipinski definition) is 1. The van der Waals surface area contributed by atoms with Gasteiger partial charge in [0.1, 0.15) is 0 Å². The van der Waals surface area contributed by atoms with Gasteiger partial charge in [-0.1, -0.05) is 0 Å². The molecule has 0 atom stereocenters. The first-order valence-electron chi connectivity index (χ1n) is 4.39. The van der Waals surface area contributed by atoms with E-state index in [4.69, 9.17) is 23.2 Å². The van der Waals surface area contributed by atoms with Crippen molar-refractivity contribution in [2.24, 2.45) is 5.10 Å². The molecule has 1 N–H and O–H groups in total. The molecule has 0 aliphatic heterocycles. The summed E-state index contributed by atoms with van der Waals surface area (Å²) in [4.78, 5) is 31.3. The molecule has 0 fully saturated rings. The number of non-ortho nitro benzene ring substituents is 1. The zero-order valence-corrected chi connectivity index (χ0v) is 10.1. The predicted octanol–water partition coefficient (Wildman–Crippen LogP) is 1.89. The van der Waals surface area contributed by atoms with Gasteiger partial charge in [-0.25, -0.2) is 0 Å². The molecule has 94 valence electrons. The van der Waals surface area contributed by atoms with Gasteiger partial charge < -0.3 is 0 Å². The second-order valence-corrected chi connectivity index (χ2v) is 3.61. The van der Waals surface area contributed by atoms with Crippen molar-refractivity contribution in [2.75, 3.05) is 5.43 Å². The van der Waals surface area contributed by atoms with Crippen LogP contribution < -0.4 is 5.43 Å². The van der Waals surface area contributed by atoms with Gasteiger partial charge in [0.2, 0.25) is 5.71 Å². The van der Waals surface area contributed by atoms with Crippen LogP contribution in [0.5, 0.6) is 0 Å². The molecule has 0 saturated heterocycles. The molecule has 18 heavy (non-hydrogen) atoms. The molecule has 0 amide bonds. The Kier molecular flexibility index (Phi) is 4.75. The van der Waals surface area contributed by atoms with E-state index in [-0.39, 0.29) is 5.69 Å². The van der Waals surface area contributed by atoms with E-state index in [9.17, 15) is 19.7 Å². The van der Waals surface area contributed by atoms with E-state index in [2.05, 4.69) is 10.5 Å². The maximum absolute atomic E-state index is 10.8. The molecule has 0 bridgehead atoms. The third-order valence-corrected chi connectivity index (χ3v) is 2.11. The van der Waals surface area contributed by atoms with Crippen LogP contribution in [-0.2, 0) is 9.59 Å². The van der Waals surface area contributed by atoms with Crippen LogP contribution >= 0.6 is 23.2 Å². The van der Waals surface area contributed by atoms with Crippen molar-refractivity contribution in [2.45, 2.75) is 0 Å². The lowest BCUT2D eigenvalue weighted by Gasteiger charge is -2.00. The van der Waals surface area contributed by atoms with E-state index >= 15 is 0 Å². The summed E-state index contributed by atoms with van der Waals surface area (Å²) < 4.78 is 0. The zero-order chi connectivity index (χ0) is 13.7. The first-order valence-corrected chi connectivity index (χ1v) is 5.15. The summed E-state index contributed by atoms with van der Waals surface area (Å²) >= 11 is 10.1. The van der Waals surface area contributed by atoms with Crippen LogP contribution in [0.4, 0.5) is 11.4 Å². The minimum absolute atomic E-state index is 0.105. The number of hydrogen-bond acceptors (Lipinski definition) is 6. The van der Waals surface area contributed by atoms with Gasteiger partial charge in [0, 0.05) is 12.1 Å². The van der Waals surface area contributed by atoms with Gasteiger partial charge in [-0.05, 0) is 35.3 Å². The number of nitro groups is 1. The van der Waals surface area contributed by atoms with Gasteiger partial charge in [-0.3, -0.25) is 25.1 Å². The highest BCUT2D eigenvalue weighted by molar-refractivity contribution is 7.01. The number of carbonyl (C=O) groups is 2. The summed E-state index contributed by atoms with van der Waals surface area (Å²) in [6, 6.07) is 5.14. The second-order valence-electron chi connectivity index (χ2n) is 2.92. The van der Waals surface area contributed by atoms with Gasteiger partial charge >= 0.3 is 0 Å². The number of nitro benzene ring substituents is 1. The Labute approximate surface area is 111 Å². The Morgan fingerprint density at radius 1 is 1.17 bits per heavy atom. The molecule has 0 aliphatic rings. The fourth-order valence-electron chi connectivity index (χ4n) is 0.943. The highest BCUT2D eigenvalue weighted by atomic mass is 35.5. The van der Waals surface area contributed by atoms with Crippen molar-refractivity contribution in [3.63, 3.8) is 0 Å². The van der Waals surface area contributed by atoms with Crippen LogP contribution in [0, 0.1) is 10.1 Å². The van der Waals surface area contributed by atoms with Crippen molar-refractivity contribution in [3.8, 4) is 0 Å². The Balaban J connectivity index is 2.85. The third kappa shape index (κ3) is 3.79. The molecule has 0 saturated carbocycles. The van der Waals surface area contributed by atoms with Crippen molar-refractivity contribution in [1.82, 2.24) is 0 Å². The van der Waals surface area contributed by atoms with Gasteiger partial charge in [-0.15, -0.1) is 0 Å². The van der Waals surface area contributed by atoms with E-state index in [1.165, 1.54) is 24.3 Å². The monoisotopic (exact) mass is 289 g/mol. The quantitative estimate of drug-likeness (QED) is 0.293. The lowest BCUT2D eigenvalue weighted by Crippen LogP contribution is -2.17. The van der Waals surface area contributed by atoms with Gasteiger partial charge in [-0.2, -0.15) is 5.10 Å². The Bertz CT molecular complexity index is 511. The highest BCUT2D eigenvalue weighted by Gasteiger charge is 2.16. The van der Waals surface area contributed by atoms with Crippen molar-refractivity contribution >= 4 is 50.8 Å². The minimum Gasteiger partial charge on any atom is -0.278 e. The molecule has 0 radical (unpaired) electrons. The van der Waals surface area contributed by atoms with Crippen LogP contribution in [-0.4, -0.2) is 21.1 Å². The largest absolute Gasteiger partial charge is 0.278 e. The van der Waals surface area contributed by atoms with Crippen LogP contribution in [0.15, 0.2) is 29.4 Å². The predicted molar refractivity (Wildman–Crippen MR) is 65.9 cm³/mol. The van der Waals surface area contributed by atoms with Gasteiger partial charge in [0.25, 0.3) is 16.2 Å². The summed E-state index contributed by atoms with van der Waals surface area (Å²) in [6.07, 6.45) is 0. The molecule has 1 rings (SSSR count). The van der Waals surface area contributed by atoms with E-state index in [0.717, 1.165) is 0 Å².